The third-order valence-corrected chi connectivity index (χ3v) is 3.17. The van der Waals surface area contributed by atoms with Crippen molar-refractivity contribution in [2.45, 2.75) is 0 Å². The van der Waals surface area contributed by atoms with Gasteiger partial charge in [-0.2, -0.15) is 0 Å². The highest BCUT2D eigenvalue weighted by Crippen LogP contribution is 2.40. The quantitative estimate of drug-likeness (QED) is 0.770. The average Bonchev–Trinajstić information content (AvgIpc) is 2.76. The van der Waals surface area contributed by atoms with Crippen LogP contribution in [0.15, 0.2) is 30.3 Å². The van der Waals surface area contributed by atoms with Crippen LogP contribution in [0.1, 0.15) is 0 Å². The van der Waals surface area contributed by atoms with E-state index in [4.69, 9.17) is 32.7 Å². The summed E-state index contributed by atoms with van der Waals surface area (Å²) in [4.78, 5) is 0. The maximum atomic E-state index is 6.14. The Labute approximate surface area is 109 Å². The van der Waals surface area contributed by atoms with E-state index in [1.54, 1.807) is 12.1 Å². The molecule has 0 atom stereocenters. The summed E-state index contributed by atoms with van der Waals surface area (Å²) in [5, 5.41) is 1.09. The summed E-state index contributed by atoms with van der Waals surface area (Å²) in [5.74, 6) is 1.44. The minimum Gasteiger partial charge on any atom is -0.454 e. The molecule has 3 rings (SSSR count). The van der Waals surface area contributed by atoms with Gasteiger partial charge in [0.15, 0.2) is 11.5 Å². The van der Waals surface area contributed by atoms with E-state index in [-0.39, 0.29) is 6.79 Å². The van der Waals surface area contributed by atoms with Crippen molar-refractivity contribution in [3.05, 3.63) is 46.4 Å². The van der Waals surface area contributed by atoms with Gasteiger partial charge in [-0.15, -0.1) is 0 Å². The molecule has 1 heterocycles. The van der Waals surface area contributed by atoms with Crippen LogP contribution in [0.4, 0.5) is 0 Å². The van der Waals surface area contributed by atoms with Crippen molar-refractivity contribution in [2.24, 2.45) is 0 Å². The van der Waals surface area contributed by atoms with Crippen molar-refractivity contribution in [1.29, 1.82) is 0 Å². The molecule has 0 unspecified atom stereocenters. The Morgan fingerprint density at radius 3 is 2.71 bits per heavy atom. The molecule has 0 N–H and O–H groups in total. The summed E-state index contributed by atoms with van der Waals surface area (Å²) in [6, 6.07) is 12.0. The van der Waals surface area contributed by atoms with Gasteiger partial charge in [0, 0.05) is 16.7 Å². The lowest BCUT2D eigenvalue weighted by Gasteiger charge is -2.07. The van der Waals surface area contributed by atoms with Gasteiger partial charge in [0.05, 0.1) is 5.02 Å². The molecule has 2 nitrogen and oxygen atoms in total. The first kappa shape index (κ1) is 10.8. The van der Waals surface area contributed by atoms with Crippen molar-refractivity contribution >= 4 is 23.2 Å². The molecule has 0 spiro atoms. The van der Waals surface area contributed by atoms with Crippen molar-refractivity contribution in [2.75, 3.05) is 6.79 Å². The highest BCUT2D eigenvalue weighted by Gasteiger charge is 2.16. The molecule has 1 aliphatic rings. The first-order chi connectivity index (χ1) is 8.25. The molecule has 0 bridgehead atoms. The number of fused-ring (bicyclic) bond motifs is 1. The Kier molecular flexibility index (Phi) is 2.61. The van der Waals surface area contributed by atoms with E-state index in [0.29, 0.717) is 15.8 Å². The second kappa shape index (κ2) is 4.13. The molecule has 1 aliphatic heterocycles. The zero-order valence-electron chi connectivity index (χ0n) is 8.67. The summed E-state index contributed by atoms with van der Waals surface area (Å²) in [7, 11) is 0. The highest BCUT2D eigenvalue weighted by molar-refractivity contribution is 6.39. The molecule has 2 aromatic carbocycles. The van der Waals surface area contributed by atoms with Gasteiger partial charge in [0.25, 0.3) is 0 Å². The SMILES string of the molecule is Clc1[c]ccc(Cl)c1-c1ccc2c(c1)OCO2. The van der Waals surface area contributed by atoms with Crippen LogP contribution in [0.5, 0.6) is 11.5 Å². The molecule has 0 fully saturated rings. The van der Waals surface area contributed by atoms with Gasteiger partial charge in [-0.25, -0.2) is 0 Å². The maximum absolute atomic E-state index is 6.14. The fraction of sp³-hybridized carbons (Fsp3) is 0.0769. The second-order valence-corrected chi connectivity index (χ2v) is 4.37. The van der Waals surface area contributed by atoms with Gasteiger partial charge >= 0.3 is 0 Å². The normalized spacial score (nSPS) is 12.8. The first-order valence-electron chi connectivity index (χ1n) is 5.01. The molecule has 2 aromatic rings. The van der Waals surface area contributed by atoms with Gasteiger partial charge in [-0.05, 0) is 23.8 Å². The monoisotopic (exact) mass is 265 g/mol. The summed E-state index contributed by atoms with van der Waals surface area (Å²) in [6.07, 6.45) is 0. The minimum atomic E-state index is 0.251. The zero-order valence-corrected chi connectivity index (χ0v) is 10.2. The second-order valence-electron chi connectivity index (χ2n) is 3.58. The van der Waals surface area contributed by atoms with E-state index in [1.807, 2.05) is 18.2 Å². The topological polar surface area (TPSA) is 18.5 Å². The van der Waals surface area contributed by atoms with E-state index in [0.717, 1.165) is 16.9 Å². The predicted molar refractivity (Wildman–Crippen MR) is 66.9 cm³/mol. The van der Waals surface area contributed by atoms with Gasteiger partial charge < -0.3 is 9.47 Å². The minimum absolute atomic E-state index is 0.251. The van der Waals surface area contributed by atoms with E-state index in [1.165, 1.54) is 0 Å². The van der Waals surface area contributed by atoms with Crippen LogP contribution in [0, 0.1) is 6.07 Å². The molecule has 0 amide bonds. The molecular formula is C13H7Cl2O2. The summed E-state index contributed by atoms with van der Waals surface area (Å²) >= 11 is 12.2. The maximum Gasteiger partial charge on any atom is 0.231 e. The smallest absolute Gasteiger partial charge is 0.231 e. The number of halogens is 2. The van der Waals surface area contributed by atoms with Crippen LogP contribution in [-0.4, -0.2) is 6.79 Å². The predicted octanol–water partition coefficient (Wildman–Crippen LogP) is 4.19. The fourth-order valence-electron chi connectivity index (χ4n) is 1.76. The van der Waals surface area contributed by atoms with E-state index in [9.17, 15) is 0 Å². The number of ether oxygens (including phenoxy) is 2. The number of hydrogen-bond acceptors (Lipinski definition) is 2. The molecule has 17 heavy (non-hydrogen) atoms. The van der Waals surface area contributed by atoms with E-state index in [2.05, 4.69) is 6.07 Å². The number of benzene rings is 2. The van der Waals surface area contributed by atoms with Crippen LogP contribution in [0.3, 0.4) is 0 Å². The standard InChI is InChI=1S/C13H7Cl2O2/c14-9-2-1-3-10(15)13(9)8-4-5-11-12(6-8)17-7-16-11/h1-2,4-6H,7H2. The largest absolute Gasteiger partial charge is 0.454 e. The number of hydrogen-bond donors (Lipinski definition) is 0. The summed E-state index contributed by atoms with van der Waals surface area (Å²) in [6.45, 7) is 0.251. The number of rotatable bonds is 1. The molecule has 4 heteroatoms. The first-order valence-corrected chi connectivity index (χ1v) is 5.77. The van der Waals surface area contributed by atoms with E-state index >= 15 is 0 Å². The lowest BCUT2D eigenvalue weighted by atomic mass is 10.1. The van der Waals surface area contributed by atoms with Crippen LogP contribution >= 0.6 is 23.2 Å². The van der Waals surface area contributed by atoms with Gasteiger partial charge in [-0.1, -0.05) is 35.3 Å². The van der Waals surface area contributed by atoms with Gasteiger partial charge in [-0.3, -0.25) is 0 Å². The lowest BCUT2D eigenvalue weighted by molar-refractivity contribution is 0.174. The fourth-order valence-corrected chi connectivity index (χ4v) is 2.35. The molecule has 0 aromatic heterocycles. The molecule has 0 saturated carbocycles. The van der Waals surface area contributed by atoms with Gasteiger partial charge in [0.2, 0.25) is 6.79 Å². The van der Waals surface area contributed by atoms with Crippen molar-refractivity contribution < 1.29 is 9.47 Å². The Hall–Kier alpha value is -1.38. The average molecular weight is 266 g/mol. The highest BCUT2D eigenvalue weighted by atomic mass is 35.5. The van der Waals surface area contributed by atoms with E-state index < -0.39 is 0 Å². The van der Waals surface area contributed by atoms with Crippen molar-refractivity contribution in [3.63, 3.8) is 0 Å². The lowest BCUT2D eigenvalue weighted by Crippen LogP contribution is -1.92. The Balaban J connectivity index is 2.16. The van der Waals surface area contributed by atoms with Crippen LogP contribution in [-0.2, 0) is 0 Å². The van der Waals surface area contributed by atoms with Crippen LogP contribution in [0.25, 0.3) is 11.1 Å². The summed E-state index contributed by atoms with van der Waals surface area (Å²) < 4.78 is 10.6. The van der Waals surface area contributed by atoms with Crippen LogP contribution in [0.2, 0.25) is 10.0 Å². The summed E-state index contributed by atoms with van der Waals surface area (Å²) in [5.41, 5.74) is 1.65. The Morgan fingerprint density at radius 1 is 1.06 bits per heavy atom. The van der Waals surface area contributed by atoms with Crippen molar-refractivity contribution in [3.8, 4) is 22.6 Å². The van der Waals surface area contributed by atoms with Crippen molar-refractivity contribution in [1.82, 2.24) is 0 Å². The molecule has 85 valence electrons. The zero-order chi connectivity index (χ0) is 11.8. The Morgan fingerprint density at radius 2 is 1.88 bits per heavy atom. The molecule has 0 aliphatic carbocycles. The molecule has 0 saturated heterocycles. The molecule has 1 radical (unpaired) electrons. The molecular weight excluding hydrogens is 259 g/mol. The third-order valence-electron chi connectivity index (χ3n) is 2.56. The third kappa shape index (κ3) is 1.84. The van der Waals surface area contributed by atoms with Crippen LogP contribution < -0.4 is 9.47 Å². The van der Waals surface area contributed by atoms with Gasteiger partial charge in [0.1, 0.15) is 0 Å². The Bertz CT molecular complexity index is 561.